The van der Waals surface area contributed by atoms with Crippen LogP contribution >= 0.6 is 11.6 Å². The third kappa shape index (κ3) is 7.33. The van der Waals surface area contributed by atoms with Crippen LogP contribution in [0, 0.1) is 12.8 Å². The van der Waals surface area contributed by atoms with Crippen molar-refractivity contribution in [2.75, 3.05) is 9.44 Å². The van der Waals surface area contributed by atoms with Crippen molar-refractivity contribution in [3.05, 3.63) is 64.9 Å². The van der Waals surface area contributed by atoms with E-state index in [1.54, 1.807) is 26.1 Å². The highest BCUT2D eigenvalue weighted by atomic mass is 35.5. The fourth-order valence-electron chi connectivity index (χ4n) is 5.09. The van der Waals surface area contributed by atoms with E-state index in [4.69, 9.17) is 11.6 Å². The zero-order valence-electron chi connectivity index (χ0n) is 22.4. The number of rotatable bonds is 11. The second kappa shape index (κ2) is 12.3. The average Bonchev–Trinajstić information content (AvgIpc) is 3.15. The van der Waals surface area contributed by atoms with Crippen LogP contribution < -0.4 is 14.8 Å². The van der Waals surface area contributed by atoms with Crippen molar-refractivity contribution < 1.29 is 16.8 Å². The van der Waals surface area contributed by atoms with Gasteiger partial charge in [0.05, 0.1) is 16.3 Å². The van der Waals surface area contributed by atoms with Crippen LogP contribution in [0.2, 0.25) is 5.15 Å². The Labute approximate surface area is 236 Å². The molecule has 1 heterocycles. The van der Waals surface area contributed by atoms with Crippen LogP contribution in [-0.2, 0) is 33.6 Å². The first-order chi connectivity index (χ1) is 18.5. The predicted molar refractivity (Wildman–Crippen MR) is 155 cm³/mol. The van der Waals surface area contributed by atoms with Crippen LogP contribution in [-0.4, -0.2) is 32.7 Å². The first-order valence-corrected chi connectivity index (χ1v) is 16.5. The number of aryl methyl sites for hydroxylation is 2. The lowest BCUT2D eigenvalue weighted by Gasteiger charge is -2.25. The third-order valence-electron chi connectivity index (χ3n) is 7.10. The van der Waals surface area contributed by atoms with Gasteiger partial charge in [-0.2, -0.15) is 5.10 Å². The van der Waals surface area contributed by atoms with Gasteiger partial charge in [-0.3, -0.25) is 14.1 Å². The smallest absolute Gasteiger partial charge is 0.266 e. The zero-order chi connectivity index (χ0) is 28.2. The molecule has 1 aliphatic carbocycles. The minimum Gasteiger partial charge on any atom is -0.310 e. The molecule has 12 heteroatoms. The number of para-hydroxylation sites is 1. The van der Waals surface area contributed by atoms with Crippen molar-refractivity contribution in [3.8, 4) is 0 Å². The molecule has 1 aromatic heterocycles. The predicted octanol–water partition coefficient (Wildman–Crippen LogP) is 5.43. The van der Waals surface area contributed by atoms with Crippen LogP contribution in [0.1, 0.15) is 56.7 Å². The Morgan fingerprint density at radius 2 is 1.64 bits per heavy atom. The zero-order valence-corrected chi connectivity index (χ0v) is 24.8. The molecule has 39 heavy (non-hydrogen) atoms. The standard InChI is InChI=1S/C27H36ClN5O4S2/c1-19(17-21-9-5-4-6-10-21)29-18-22-11-7-8-12-25(22)32-38(34,35)24-15-13-23(14-16-24)31-39(36,37)26-20(2)30-33(3)27(26)28/h7-8,11-16,19,21,29,31-32H,4-6,9-10,17-18H2,1-3H3/t19-/m0/s1. The van der Waals surface area contributed by atoms with Gasteiger partial charge in [0.25, 0.3) is 20.0 Å². The van der Waals surface area contributed by atoms with E-state index in [1.807, 2.05) is 12.1 Å². The SMILES string of the molecule is Cc1nn(C)c(Cl)c1S(=O)(=O)Nc1ccc(S(=O)(=O)Nc2ccccc2CN[C@@H](C)CC2CCCCC2)cc1. The number of aromatic nitrogens is 2. The Morgan fingerprint density at radius 1 is 0.974 bits per heavy atom. The first-order valence-electron chi connectivity index (χ1n) is 13.1. The molecule has 0 unspecified atom stereocenters. The number of benzene rings is 2. The molecule has 212 valence electrons. The van der Waals surface area contributed by atoms with Gasteiger partial charge in [0.2, 0.25) is 0 Å². The maximum absolute atomic E-state index is 13.2. The van der Waals surface area contributed by atoms with Crippen molar-refractivity contribution in [2.45, 2.75) is 74.7 Å². The molecule has 0 bridgehead atoms. The maximum atomic E-state index is 13.2. The van der Waals surface area contributed by atoms with Crippen LogP contribution in [0.4, 0.5) is 11.4 Å². The molecule has 0 spiro atoms. The molecule has 1 aliphatic rings. The Kier molecular flexibility index (Phi) is 9.25. The van der Waals surface area contributed by atoms with Crippen molar-refractivity contribution in [2.24, 2.45) is 13.0 Å². The van der Waals surface area contributed by atoms with Crippen molar-refractivity contribution in [3.63, 3.8) is 0 Å². The molecule has 9 nitrogen and oxygen atoms in total. The number of sulfonamides is 2. The highest BCUT2D eigenvalue weighted by Crippen LogP contribution is 2.29. The summed E-state index contributed by atoms with van der Waals surface area (Å²) in [5, 5.41) is 7.57. The molecule has 3 N–H and O–H groups in total. The number of anilines is 2. The number of nitrogens with zero attached hydrogens (tertiary/aromatic N) is 2. The Hall–Kier alpha value is -2.60. The van der Waals surface area contributed by atoms with Crippen molar-refractivity contribution in [1.29, 1.82) is 0 Å². The van der Waals surface area contributed by atoms with Gasteiger partial charge in [-0.25, -0.2) is 16.8 Å². The van der Waals surface area contributed by atoms with E-state index in [2.05, 4.69) is 26.8 Å². The van der Waals surface area contributed by atoms with Gasteiger partial charge in [-0.1, -0.05) is 61.9 Å². The van der Waals surface area contributed by atoms with Crippen LogP contribution in [0.25, 0.3) is 0 Å². The van der Waals surface area contributed by atoms with Gasteiger partial charge in [0.15, 0.2) is 0 Å². The van der Waals surface area contributed by atoms with E-state index < -0.39 is 20.0 Å². The summed E-state index contributed by atoms with van der Waals surface area (Å²) < 4.78 is 58.4. The molecule has 1 saturated carbocycles. The molecule has 0 saturated heterocycles. The van der Waals surface area contributed by atoms with E-state index in [1.165, 1.54) is 61.1 Å². The van der Waals surface area contributed by atoms with Crippen molar-refractivity contribution in [1.82, 2.24) is 15.1 Å². The second-order valence-corrected chi connectivity index (χ2v) is 13.9. The normalized spacial score (nSPS) is 15.7. The lowest BCUT2D eigenvalue weighted by Crippen LogP contribution is -2.29. The largest absolute Gasteiger partial charge is 0.310 e. The topological polar surface area (TPSA) is 122 Å². The second-order valence-electron chi connectivity index (χ2n) is 10.2. The summed E-state index contributed by atoms with van der Waals surface area (Å²) in [6, 6.07) is 13.1. The summed E-state index contributed by atoms with van der Waals surface area (Å²) in [5.41, 5.74) is 1.81. The molecule has 3 aromatic rings. The maximum Gasteiger partial charge on any atom is 0.266 e. The number of hydrogen-bond donors (Lipinski definition) is 3. The Morgan fingerprint density at radius 3 is 2.28 bits per heavy atom. The van der Waals surface area contributed by atoms with Crippen LogP contribution in [0.5, 0.6) is 0 Å². The van der Waals surface area contributed by atoms with E-state index in [-0.39, 0.29) is 26.3 Å². The lowest BCUT2D eigenvalue weighted by atomic mass is 9.85. The molecule has 4 rings (SSSR count). The highest BCUT2D eigenvalue weighted by molar-refractivity contribution is 7.93. The molecule has 0 radical (unpaired) electrons. The molecular formula is C27H36ClN5O4S2. The summed E-state index contributed by atoms with van der Waals surface area (Å²) >= 11 is 6.11. The summed E-state index contributed by atoms with van der Waals surface area (Å²) in [6.07, 6.45) is 7.67. The highest BCUT2D eigenvalue weighted by Gasteiger charge is 2.26. The fraction of sp³-hybridized carbons (Fsp3) is 0.444. The quantitative estimate of drug-likeness (QED) is 0.272. The molecule has 1 atom stereocenters. The Bertz CT molecular complexity index is 1500. The minimum absolute atomic E-state index is 0.00877. The van der Waals surface area contributed by atoms with Gasteiger partial charge < -0.3 is 5.32 Å². The molecule has 0 aliphatic heterocycles. The van der Waals surface area contributed by atoms with Gasteiger partial charge in [0.1, 0.15) is 10.0 Å². The first kappa shape index (κ1) is 29.4. The van der Waals surface area contributed by atoms with Crippen LogP contribution in [0.15, 0.2) is 58.3 Å². The lowest BCUT2D eigenvalue weighted by molar-refractivity contribution is 0.305. The minimum atomic E-state index is -4.02. The van der Waals surface area contributed by atoms with E-state index >= 15 is 0 Å². The number of nitrogens with one attached hydrogen (secondary N) is 3. The fourth-order valence-corrected chi connectivity index (χ4v) is 8.00. The summed E-state index contributed by atoms with van der Waals surface area (Å²) in [7, 11) is -6.38. The Balaban J connectivity index is 1.42. The van der Waals surface area contributed by atoms with Crippen molar-refractivity contribution >= 4 is 43.0 Å². The van der Waals surface area contributed by atoms with Gasteiger partial charge in [0, 0.05) is 25.3 Å². The number of hydrogen-bond acceptors (Lipinski definition) is 6. The molecule has 0 amide bonds. The molecule has 2 aromatic carbocycles. The van der Waals surface area contributed by atoms with Crippen LogP contribution in [0.3, 0.4) is 0 Å². The summed E-state index contributed by atoms with van der Waals surface area (Å²) in [5.74, 6) is 0.757. The van der Waals surface area contributed by atoms with Gasteiger partial charge in [-0.15, -0.1) is 0 Å². The summed E-state index contributed by atoms with van der Waals surface area (Å²) in [6.45, 7) is 4.27. The van der Waals surface area contributed by atoms with E-state index in [9.17, 15) is 16.8 Å². The van der Waals surface area contributed by atoms with E-state index in [0.717, 1.165) is 17.9 Å². The molecule has 1 fully saturated rings. The van der Waals surface area contributed by atoms with E-state index in [0.29, 0.717) is 18.3 Å². The average molecular weight is 594 g/mol. The summed E-state index contributed by atoms with van der Waals surface area (Å²) in [4.78, 5) is -0.113. The molecular weight excluding hydrogens is 558 g/mol. The van der Waals surface area contributed by atoms with Gasteiger partial charge >= 0.3 is 0 Å². The van der Waals surface area contributed by atoms with Gasteiger partial charge in [-0.05, 0) is 62.1 Å². The number of halogens is 1. The monoisotopic (exact) mass is 593 g/mol. The third-order valence-corrected chi connectivity index (χ3v) is 10.6.